The number of thiazole rings is 1. The summed E-state index contributed by atoms with van der Waals surface area (Å²) in [5.41, 5.74) is 2.22. The van der Waals surface area contributed by atoms with Crippen molar-refractivity contribution in [1.82, 2.24) is 4.98 Å². The number of ether oxygens (including phenoxy) is 2. The first kappa shape index (κ1) is 17.0. The molecule has 9 heteroatoms. The van der Waals surface area contributed by atoms with Gasteiger partial charge in [-0.05, 0) is 29.8 Å². The van der Waals surface area contributed by atoms with E-state index in [1.54, 1.807) is 29.6 Å². The van der Waals surface area contributed by atoms with E-state index in [9.17, 15) is 14.9 Å². The molecular weight excluding hydrogens is 370 g/mol. The molecule has 0 saturated heterocycles. The third kappa shape index (κ3) is 3.72. The predicted octanol–water partition coefficient (Wildman–Crippen LogP) is 3.63. The highest BCUT2D eigenvalue weighted by Crippen LogP contribution is 2.32. The van der Waals surface area contributed by atoms with Crippen LogP contribution in [-0.2, 0) is 11.2 Å². The van der Waals surface area contributed by atoms with Gasteiger partial charge >= 0.3 is 0 Å². The first-order chi connectivity index (χ1) is 13.1. The van der Waals surface area contributed by atoms with Crippen molar-refractivity contribution in [2.45, 2.75) is 6.42 Å². The third-order valence-corrected chi connectivity index (χ3v) is 4.68. The molecule has 0 radical (unpaired) electrons. The zero-order chi connectivity index (χ0) is 18.8. The van der Waals surface area contributed by atoms with Crippen LogP contribution in [0.25, 0.3) is 11.3 Å². The van der Waals surface area contributed by atoms with Gasteiger partial charge in [-0.1, -0.05) is 6.07 Å². The summed E-state index contributed by atoms with van der Waals surface area (Å²) in [5.74, 6) is 1.11. The van der Waals surface area contributed by atoms with Gasteiger partial charge in [-0.3, -0.25) is 14.9 Å². The Morgan fingerprint density at radius 2 is 1.96 bits per heavy atom. The minimum atomic E-state index is -0.452. The summed E-state index contributed by atoms with van der Waals surface area (Å²) in [6, 6.07) is 11.5. The molecule has 2 heterocycles. The van der Waals surface area contributed by atoms with Crippen LogP contribution in [0.5, 0.6) is 11.5 Å². The van der Waals surface area contributed by atoms with E-state index in [1.807, 2.05) is 6.07 Å². The Bertz CT molecular complexity index is 1020. The number of benzene rings is 2. The highest BCUT2D eigenvalue weighted by molar-refractivity contribution is 7.14. The fourth-order valence-electron chi connectivity index (χ4n) is 2.62. The van der Waals surface area contributed by atoms with E-state index in [4.69, 9.17) is 9.47 Å². The van der Waals surface area contributed by atoms with Crippen molar-refractivity contribution in [1.29, 1.82) is 0 Å². The quantitative estimate of drug-likeness (QED) is 0.533. The van der Waals surface area contributed by atoms with Gasteiger partial charge in [-0.2, -0.15) is 0 Å². The molecule has 27 heavy (non-hydrogen) atoms. The number of non-ortho nitro benzene ring substituents is 1. The highest BCUT2D eigenvalue weighted by atomic mass is 32.1. The van der Waals surface area contributed by atoms with Crippen LogP contribution in [0, 0.1) is 10.1 Å². The van der Waals surface area contributed by atoms with Crippen LogP contribution < -0.4 is 14.8 Å². The van der Waals surface area contributed by atoms with E-state index >= 15 is 0 Å². The smallest absolute Gasteiger partial charge is 0.269 e. The molecule has 0 bridgehead atoms. The van der Waals surface area contributed by atoms with Gasteiger partial charge < -0.3 is 14.8 Å². The van der Waals surface area contributed by atoms with Crippen LogP contribution in [0.1, 0.15) is 5.56 Å². The second-order valence-electron chi connectivity index (χ2n) is 5.75. The third-order valence-electron chi connectivity index (χ3n) is 3.93. The zero-order valence-corrected chi connectivity index (χ0v) is 14.7. The summed E-state index contributed by atoms with van der Waals surface area (Å²) in [5, 5.41) is 15.7. The molecule has 136 valence electrons. The summed E-state index contributed by atoms with van der Waals surface area (Å²) in [7, 11) is 0. The second-order valence-corrected chi connectivity index (χ2v) is 6.61. The largest absolute Gasteiger partial charge is 0.454 e. The van der Waals surface area contributed by atoms with Crippen LogP contribution in [0.3, 0.4) is 0 Å². The van der Waals surface area contributed by atoms with Gasteiger partial charge in [0.25, 0.3) is 5.69 Å². The number of carbonyl (C=O) groups is 1. The Morgan fingerprint density at radius 3 is 2.74 bits per heavy atom. The number of nitro benzene ring substituents is 1. The van der Waals surface area contributed by atoms with E-state index in [0.29, 0.717) is 22.3 Å². The minimum Gasteiger partial charge on any atom is -0.454 e. The summed E-state index contributed by atoms with van der Waals surface area (Å²) in [6.07, 6.45) is 0.184. The van der Waals surface area contributed by atoms with Crippen LogP contribution in [0.15, 0.2) is 47.8 Å². The van der Waals surface area contributed by atoms with E-state index in [1.165, 1.54) is 23.5 Å². The molecular formula is C18H13N3O5S. The average molecular weight is 383 g/mol. The number of nitrogens with one attached hydrogen (secondary N) is 1. The number of fused-ring (bicyclic) bond motifs is 1. The van der Waals surface area contributed by atoms with Crippen molar-refractivity contribution in [3.63, 3.8) is 0 Å². The van der Waals surface area contributed by atoms with Crippen LogP contribution in [0.2, 0.25) is 0 Å². The second kappa shape index (κ2) is 7.04. The minimum absolute atomic E-state index is 0.0197. The van der Waals surface area contributed by atoms with Gasteiger partial charge in [0.2, 0.25) is 12.7 Å². The lowest BCUT2D eigenvalue weighted by Crippen LogP contribution is -2.14. The van der Waals surface area contributed by atoms with Crippen molar-refractivity contribution in [2.24, 2.45) is 0 Å². The van der Waals surface area contributed by atoms with Crippen molar-refractivity contribution in [3.05, 3.63) is 63.5 Å². The molecule has 0 unspecified atom stereocenters. The SMILES string of the molecule is O=C(Cc1ccc2c(c1)OCO2)Nc1nc(-c2ccc([N+](=O)[O-])cc2)cs1. The number of nitro groups is 1. The fourth-order valence-corrected chi connectivity index (χ4v) is 3.35. The number of aromatic nitrogens is 1. The lowest BCUT2D eigenvalue weighted by molar-refractivity contribution is -0.384. The van der Waals surface area contributed by atoms with Gasteiger partial charge in [0.05, 0.1) is 17.0 Å². The van der Waals surface area contributed by atoms with Crippen LogP contribution in [0.4, 0.5) is 10.8 Å². The Hall–Kier alpha value is -3.46. The Balaban J connectivity index is 1.41. The van der Waals surface area contributed by atoms with Gasteiger partial charge in [0.15, 0.2) is 16.6 Å². The number of rotatable bonds is 5. The standard InChI is InChI=1S/C18H13N3O5S/c22-17(8-11-1-6-15-16(7-11)26-10-25-15)20-18-19-14(9-27-18)12-2-4-13(5-3-12)21(23)24/h1-7,9H,8,10H2,(H,19,20,22). The number of nitrogens with zero attached hydrogens (tertiary/aromatic N) is 2. The van der Waals surface area contributed by atoms with Gasteiger partial charge in [-0.25, -0.2) is 4.98 Å². The Kier molecular flexibility index (Phi) is 4.43. The maximum absolute atomic E-state index is 12.3. The van der Waals surface area contributed by atoms with Crippen molar-refractivity contribution in [2.75, 3.05) is 12.1 Å². The lowest BCUT2D eigenvalue weighted by Gasteiger charge is -2.03. The number of hydrogen-bond acceptors (Lipinski definition) is 7. The molecule has 0 saturated carbocycles. The molecule has 0 fully saturated rings. The van der Waals surface area contributed by atoms with E-state index in [2.05, 4.69) is 10.3 Å². The van der Waals surface area contributed by atoms with Crippen LogP contribution >= 0.6 is 11.3 Å². The Labute approximate surface area is 157 Å². The van der Waals surface area contributed by atoms with E-state index < -0.39 is 4.92 Å². The topological polar surface area (TPSA) is 104 Å². The molecule has 1 aliphatic heterocycles. The van der Waals surface area contributed by atoms with E-state index in [0.717, 1.165) is 11.1 Å². The maximum Gasteiger partial charge on any atom is 0.269 e. The number of anilines is 1. The number of hydrogen-bond donors (Lipinski definition) is 1. The molecule has 0 spiro atoms. The molecule has 8 nitrogen and oxygen atoms in total. The van der Waals surface area contributed by atoms with E-state index in [-0.39, 0.29) is 24.8 Å². The van der Waals surface area contributed by atoms with Crippen molar-refractivity contribution < 1.29 is 19.2 Å². The van der Waals surface area contributed by atoms with Crippen molar-refractivity contribution in [3.8, 4) is 22.8 Å². The summed E-state index contributed by atoms with van der Waals surface area (Å²) in [6.45, 7) is 0.190. The molecule has 1 N–H and O–H groups in total. The summed E-state index contributed by atoms with van der Waals surface area (Å²) in [4.78, 5) is 26.9. The summed E-state index contributed by atoms with van der Waals surface area (Å²) >= 11 is 1.29. The molecule has 2 aromatic carbocycles. The first-order valence-corrected chi connectivity index (χ1v) is 8.85. The van der Waals surface area contributed by atoms with Gasteiger partial charge in [-0.15, -0.1) is 11.3 Å². The highest BCUT2D eigenvalue weighted by Gasteiger charge is 2.15. The predicted molar refractivity (Wildman–Crippen MR) is 99.1 cm³/mol. The molecule has 4 rings (SSSR count). The molecule has 3 aromatic rings. The van der Waals surface area contributed by atoms with Crippen molar-refractivity contribution >= 4 is 28.1 Å². The Morgan fingerprint density at radius 1 is 1.19 bits per heavy atom. The fraction of sp³-hybridized carbons (Fsp3) is 0.111. The van der Waals surface area contributed by atoms with Gasteiger partial charge in [0.1, 0.15) is 0 Å². The number of amides is 1. The first-order valence-electron chi connectivity index (χ1n) is 7.97. The summed E-state index contributed by atoms with van der Waals surface area (Å²) < 4.78 is 10.6. The average Bonchev–Trinajstić information content (AvgIpc) is 3.30. The molecule has 1 amide bonds. The maximum atomic E-state index is 12.3. The molecule has 0 atom stereocenters. The lowest BCUT2D eigenvalue weighted by atomic mass is 10.1. The zero-order valence-electron chi connectivity index (χ0n) is 13.9. The van der Waals surface area contributed by atoms with Crippen LogP contribution in [-0.4, -0.2) is 22.6 Å². The normalized spacial score (nSPS) is 12.0. The molecule has 1 aliphatic rings. The molecule has 0 aliphatic carbocycles. The molecule has 1 aromatic heterocycles. The monoisotopic (exact) mass is 383 g/mol. The van der Waals surface area contributed by atoms with Gasteiger partial charge in [0, 0.05) is 23.1 Å². The number of carbonyl (C=O) groups excluding carboxylic acids is 1.